The lowest BCUT2D eigenvalue weighted by Gasteiger charge is -2.25. The highest BCUT2D eigenvalue weighted by atomic mass is 32.1. The molecule has 1 aliphatic carbocycles. The molecule has 1 aromatic heterocycles. The Morgan fingerprint density at radius 3 is 2.90 bits per heavy atom. The molecule has 1 heterocycles. The van der Waals surface area contributed by atoms with Crippen molar-refractivity contribution in [2.24, 2.45) is 0 Å². The highest BCUT2D eigenvalue weighted by Gasteiger charge is 2.22. The zero-order valence-electron chi connectivity index (χ0n) is 12.2. The van der Waals surface area contributed by atoms with Crippen molar-refractivity contribution in [3.8, 4) is 0 Å². The molecule has 21 heavy (non-hydrogen) atoms. The fraction of sp³-hybridized carbons (Fsp3) is 0.375. The van der Waals surface area contributed by atoms with Crippen LogP contribution in [-0.2, 0) is 6.42 Å². The summed E-state index contributed by atoms with van der Waals surface area (Å²) < 4.78 is 0. The van der Waals surface area contributed by atoms with Crippen molar-refractivity contribution in [1.29, 1.82) is 0 Å². The fourth-order valence-electron chi connectivity index (χ4n) is 3.02. The van der Waals surface area contributed by atoms with E-state index in [1.807, 2.05) is 13.0 Å². The molecule has 2 aromatic rings. The maximum absolute atomic E-state index is 11.1. The monoisotopic (exact) mass is 302 g/mol. The van der Waals surface area contributed by atoms with Gasteiger partial charge >= 0.3 is 0 Å². The normalized spacial score (nSPS) is 17.3. The lowest BCUT2D eigenvalue weighted by atomic mass is 9.93. The second kappa shape index (κ2) is 5.48. The topological polar surface area (TPSA) is 55.2 Å². The maximum atomic E-state index is 11.1. The van der Waals surface area contributed by atoms with Gasteiger partial charge in [-0.3, -0.25) is 10.1 Å². The number of thiophene rings is 1. The highest BCUT2D eigenvalue weighted by molar-refractivity contribution is 7.10. The Morgan fingerprint density at radius 2 is 2.14 bits per heavy atom. The van der Waals surface area contributed by atoms with Gasteiger partial charge in [0, 0.05) is 22.2 Å². The molecule has 5 heteroatoms. The number of anilines is 1. The average Bonchev–Trinajstić information content (AvgIpc) is 2.90. The van der Waals surface area contributed by atoms with Gasteiger partial charge in [-0.2, -0.15) is 0 Å². The minimum atomic E-state index is -0.309. The van der Waals surface area contributed by atoms with Crippen LogP contribution in [0.2, 0.25) is 0 Å². The van der Waals surface area contributed by atoms with Crippen molar-refractivity contribution < 1.29 is 4.92 Å². The van der Waals surface area contributed by atoms with Crippen LogP contribution in [0.5, 0.6) is 0 Å². The molecule has 1 aliphatic rings. The summed E-state index contributed by atoms with van der Waals surface area (Å²) in [5, 5.41) is 16.8. The van der Waals surface area contributed by atoms with E-state index in [9.17, 15) is 10.1 Å². The first-order valence-electron chi connectivity index (χ1n) is 7.14. The molecular weight excluding hydrogens is 284 g/mol. The minimum absolute atomic E-state index is 0.185. The van der Waals surface area contributed by atoms with Crippen LogP contribution in [0.1, 0.15) is 40.5 Å². The Hall–Kier alpha value is -1.88. The molecule has 0 saturated carbocycles. The molecule has 4 nitrogen and oxygen atoms in total. The van der Waals surface area contributed by atoms with Gasteiger partial charge in [-0.05, 0) is 61.7 Å². The molecule has 0 bridgehead atoms. The average molecular weight is 302 g/mol. The fourth-order valence-corrected chi connectivity index (χ4v) is 4.00. The zero-order chi connectivity index (χ0) is 15.0. The van der Waals surface area contributed by atoms with E-state index < -0.39 is 0 Å². The highest BCUT2D eigenvalue weighted by Crippen LogP contribution is 2.37. The third-order valence-electron chi connectivity index (χ3n) is 4.12. The first kappa shape index (κ1) is 14.1. The van der Waals surface area contributed by atoms with Crippen molar-refractivity contribution >= 4 is 22.7 Å². The summed E-state index contributed by atoms with van der Waals surface area (Å²) in [7, 11) is 0. The number of benzene rings is 1. The standard InChI is InChI=1S/C16H18N2O2S/c1-10-8-11(2)15(18(19)20)9-14(10)17-13-4-3-5-16-12(13)6-7-21-16/h6-9,13,17H,3-5H2,1-2H3. The van der Waals surface area contributed by atoms with E-state index in [1.165, 1.54) is 10.4 Å². The number of hydrogen-bond donors (Lipinski definition) is 1. The summed E-state index contributed by atoms with van der Waals surface area (Å²) >= 11 is 1.81. The van der Waals surface area contributed by atoms with Crippen LogP contribution in [0.15, 0.2) is 23.6 Å². The Kier molecular flexibility index (Phi) is 3.68. The Bertz CT molecular complexity index is 694. The van der Waals surface area contributed by atoms with E-state index in [4.69, 9.17) is 0 Å². The van der Waals surface area contributed by atoms with Gasteiger partial charge in [-0.25, -0.2) is 0 Å². The summed E-state index contributed by atoms with van der Waals surface area (Å²) in [4.78, 5) is 12.2. The van der Waals surface area contributed by atoms with Crippen LogP contribution in [0.3, 0.4) is 0 Å². The molecule has 0 aliphatic heterocycles. The van der Waals surface area contributed by atoms with Crippen LogP contribution < -0.4 is 5.32 Å². The quantitative estimate of drug-likeness (QED) is 0.656. The maximum Gasteiger partial charge on any atom is 0.274 e. The first-order chi connectivity index (χ1) is 10.1. The van der Waals surface area contributed by atoms with Gasteiger partial charge in [0.2, 0.25) is 0 Å². The van der Waals surface area contributed by atoms with Crippen molar-refractivity contribution in [3.05, 3.63) is 55.3 Å². The number of nitro benzene ring substituents is 1. The van der Waals surface area contributed by atoms with Crippen LogP contribution in [0.4, 0.5) is 11.4 Å². The molecular formula is C16H18N2O2S. The third kappa shape index (κ3) is 2.65. The predicted octanol–water partition coefficient (Wildman–Crippen LogP) is 4.76. The molecule has 1 N–H and O–H groups in total. The molecule has 1 aromatic carbocycles. The molecule has 1 atom stereocenters. The number of aryl methyl sites for hydroxylation is 3. The summed E-state index contributed by atoms with van der Waals surface area (Å²) in [6.07, 6.45) is 3.39. The van der Waals surface area contributed by atoms with Gasteiger partial charge in [0.05, 0.1) is 11.0 Å². The lowest BCUT2D eigenvalue weighted by molar-refractivity contribution is -0.385. The van der Waals surface area contributed by atoms with Crippen molar-refractivity contribution in [1.82, 2.24) is 0 Å². The molecule has 0 radical (unpaired) electrons. The van der Waals surface area contributed by atoms with E-state index in [0.29, 0.717) is 5.56 Å². The smallest absolute Gasteiger partial charge is 0.274 e. The van der Waals surface area contributed by atoms with Gasteiger partial charge < -0.3 is 5.32 Å². The number of nitrogens with zero attached hydrogens (tertiary/aromatic N) is 1. The van der Waals surface area contributed by atoms with Gasteiger partial charge in [0.25, 0.3) is 5.69 Å². The Labute approximate surface area is 128 Å². The SMILES string of the molecule is Cc1cc(C)c([N+](=O)[O-])cc1NC1CCCc2sccc21. The van der Waals surface area contributed by atoms with Crippen LogP contribution in [0, 0.1) is 24.0 Å². The molecule has 0 fully saturated rings. The Morgan fingerprint density at radius 1 is 1.33 bits per heavy atom. The lowest BCUT2D eigenvalue weighted by Crippen LogP contribution is -2.16. The Balaban J connectivity index is 1.93. The zero-order valence-corrected chi connectivity index (χ0v) is 13.0. The molecule has 3 rings (SSSR count). The molecule has 0 spiro atoms. The first-order valence-corrected chi connectivity index (χ1v) is 8.02. The van der Waals surface area contributed by atoms with Gasteiger partial charge in [-0.1, -0.05) is 0 Å². The molecule has 0 amide bonds. The van der Waals surface area contributed by atoms with E-state index in [0.717, 1.165) is 30.5 Å². The van der Waals surface area contributed by atoms with E-state index >= 15 is 0 Å². The summed E-state index contributed by atoms with van der Waals surface area (Å²) in [6, 6.07) is 6.00. The van der Waals surface area contributed by atoms with Gasteiger partial charge in [0.1, 0.15) is 0 Å². The van der Waals surface area contributed by atoms with E-state index in [-0.39, 0.29) is 16.7 Å². The van der Waals surface area contributed by atoms with Crippen molar-refractivity contribution in [3.63, 3.8) is 0 Å². The second-order valence-electron chi connectivity index (χ2n) is 5.60. The molecule has 0 saturated heterocycles. The van der Waals surface area contributed by atoms with Crippen molar-refractivity contribution in [2.75, 3.05) is 5.32 Å². The number of nitrogens with one attached hydrogen (secondary N) is 1. The van der Waals surface area contributed by atoms with Crippen LogP contribution in [0.25, 0.3) is 0 Å². The largest absolute Gasteiger partial charge is 0.378 e. The van der Waals surface area contributed by atoms with Crippen molar-refractivity contribution in [2.45, 2.75) is 39.2 Å². The van der Waals surface area contributed by atoms with E-state index in [1.54, 1.807) is 24.3 Å². The third-order valence-corrected chi connectivity index (χ3v) is 5.12. The number of rotatable bonds is 3. The summed E-state index contributed by atoms with van der Waals surface area (Å²) in [5.74, 6) is 0. The second-order valence-corrected chi connectivity index (χ2v) is 6.60. The minimum Gasteiger partial charge on any atom is -0.378 e. The number of fused-ring (bicyclic) bond motifs is 1. The number of nitro groups is 1. The van der Waals surface area contributed by atoms with Crippen LogP contribution >= 0.6 is 11.3 Å². The molecule has 110 valence electrons. The predicted molar refractivity (Wildman–Crippen MR) is 86.2 cm³/mol. The van der Waals surface area contributed by atoms with Gasteiger partial charge in [-0.15, -0.1) is 11.3 Å². The summed E-state index contributed by atoms with van der Waals surface area (Å²) in [6.45, 7) is 3.78. The van der Waals surface area contributed by atoms with Gasteiger partial charge in [0.15, 0.2) is 0 Å². The molecule has 1 unspecified atom stereocenters. The summed E-state index contributed by atoms with van der Waals surface area (Å²) in [5.41, 5.74) is 4.18. The van der Waals surface area contributed by atoms with E-state index in [2.05, 4.69) is 16.8 Å². The van der Waals surface area contributed by atoms with Crippen LogP contribution in [-0.4, -0.2) is 4.92 Å². The number of hydrogen-bond acceptors (Lipinski definition) is 4.